The third kappa shape index (κ3) is 2.61. The molecule has 0 bridgehead atoms. The van der Waals surface area contributed by atoms with E-state index in [-0.39, 0.29) is 11.5 Å². The Labute approximate surface area is 100 Å². The van der Waals surface area contributed by atoms with Gasteiger partial charge in [0.2, 0.25) is 0 Å². The summed E-state index contributed by atoms with van der Waals surface area (Å²) in [5.74, 6) is 0. The van der Waals surface area contributed by atoms with Gasteiger partial charge in [-0.1, -0.05) is 20.8 Å². The average Bonchev–Trinajstić information content (AvgIpc) is 2.44. The second kappa shape index (κ2) is 4.26. The lowest BCUT2D eigenvalue weighted by Gasteiger charge is -2.28. The molecule has 1 atom stereocenters. The van der Waals surface area contributed by atoms with Crippen molar-refractivity contribution in [2.75, 3.05) is 0 Å². The third-order valence-electron chi connectivity index (χ3n) is 2.50. The van der Waals surface area contributed by atoms with Crippen molar-refractivity contribution in [3.8, 4) is 0 Å². The molecule has 0 aliphatic carbocycles. The molecule has 0 aliphatic rings. The van der Waals surface area contributed by atoms with Crippen molar-refractivity contribution in [3.05, 3.63) is 16.4 Å². The van der Waals surface area contributed by atoms with Gasteiger partial charge in [-0.15, -0.1) is 0 Å². The van der Waals surface area contributed by atoms with E-state index in [4.69, 9.17) is 5.73 Å². The smallest absolute Gasteiger partial charge is 0.0701 e. The van der Waals surface area contributed by atoms with Gasteiger partial charge in [-0.2, -0.15) is 5.10 Å². The summed E-state index contributed by atoms with van der Waals surface area (Å²) in [4.78, 5) is 0. The number of aromatic nitrogens is 2. The molecule has 0 aromatic carbocycles. The Morgan fingerprint density at radius 1 is 1.40 bits per heavy atom. The van der Waals surface area contributed by atoms with E-state index in [1.54, 1.807) is 0 Å². The summed E-state index contributed by atoms with van der Waals surface area (Å²) in [5, 5.41) is 4.34. The van der Waals surface area contributed by atoms with E-state index in [9.17, 15) is 0 Å². The Morgan fingerprint density at radius 2 is 1.93 bits per heavy atom. The minimum atomic E-state index is -0.0169. The molecule has 0 spiro atoms. The molecule has 2 N–H and O–H groups in total. The van der Waals surface area contributed by atoms with Crippen LogP contribution in [0.15, 0.2) is 10.7 Å². The molecule has 0 amide bonds. The number of hydrogen-bond donors (Lipinski definition) is 1. The van der Waals surface area contributed by atoms with Crippen LogP contribution >= 0.6 is 15.9 Å². The summed E-state index contributed by atoms with van der Waals surface area (Å²) in [6, 6.07) is 0.316. The largest absolute Gasteiger partial charge is 0.322 e. The first kappa shape index (κ1) is 12.7. The molecule has 86 valence electrons. The predicted molar refractivity (Wildman–Crippen MR) is 66.7 cm³/mol. The summed E-state index contributed by atoms with van der Waals surface area (Å²) in [6.45, 7) is 10.6. The molecule has 15 heavy (non-hydrogen) atoms. The zero-order valence-electron chi connectivity index (χ0n) is 10.1. The maximum absolute atomic E-state index is 6.27. The van der Waals surface area contributed by atoms with Gasteiger partial charge in [-0.05, 0) is 35.2 Å². The summed E-state index contributed by atoms with van der Waals surface area (Å²) in [6.07, 6.45) is 1.82. The summed E-state index contributed by atoms with van der Waals surface area (Å²) in [7, 11) is 0. The molecule has 1 aromatic rings. The number of nitrogens with two attached hydrogens (primary N) is 1. The van der Waals surface area contributed by atoms with E-state index in [1.807, 2.05) is 10.9 Å². The van der Waals surface area contributed by atoms with Crippen molar-refractivity contribution in [1.29, 1.82) is 0 Å². The van der Waals surface area contributed by atoms with Crippen molar-refractivity contribution in [1.82, 2.24) is 9.78 Å². The fourth-order valence-corrected chi connectivity index (χ4v) is 1.98. The van der Waals surface area contributed by atoms with Crippen molar-refractivity contribution in [2.24, 2.45) is 11.1 Å². The highest BCUT2D eigenvalue weighted by molar-refractivity contribution is 9.10. The lowest BCUT2D eigenvalue weighted by molar-refractivity contribution is 0.304. The number of halogens is 1. The molecule has 0 saturated heterocycles. The first-order chi connectivity index (χ1) is 6.75. The average molecular weight is 274 g/mol. The van der Waals surface area contributed by atoms with Crippen molar-refractivity contribution in [3.63, 3.8) is 0 Å². The molecular formula is C11H20BrN3. The summed E-state index contributed by atoms with van der Waals surface area (Å²) in [5.41, 5.74) is 7.38. The number of hydrogen-bond acceptors (Lipinski definition) is 2. The Bertz CT molecular complexity index is 336. The van der Waals surface area contributed by atoms with E-state index in [2.05, 4.69) is 55.6 Å². The Hall–Kier alpha value is -0.350. The number of nitrogens with zero attached hydrogens (tertiary/aromatic N) is 2. The van der Waals surface area contributed by atoms with E-state index in [0.717, 1.165) is 10.2 Å². The first-order valence-electron chi connectivity index (χ1n) is 5.23. The topological polar surface area (TPSA) is 43.8 Å². The second-order valence-electron chi connectivity index (χ2n) is 5.26. The van der Waals surface area contributed by atoms with Crippen molar-refractivity contribution in [2.45, 2.75) is 46.7 Å². The zero-order chi connectivity index (χ0) is 11.8. The molecule has 0 aliphatic heterocycles. The van der Waals surface area contributed by atoms with Crippen LogP contribution in [0.1, 0.15) is 52.4 Å². The maximum Gasteiger partial charge on any atom is 0.0701 e. The van der Waals surface area contributed by atoms with E-state index in [0.29, 0.717) is 6.04 Å². The van der Waals surface area contributed by atoms with E-state index in [1.165, 1.54) is 0 Å². The fraction of sp³-hybridized carbons (Fsp3) is 0.727. The molecule has 1 aromatic heterocycles. The zero-order valence-corrected chi connectivity index (χ0v) is 11.7. The van der Waals surface area contributed by atoms with E-state index < -0.39 is 0 Å². The van der Waals surface area contributed by atoms with Crippen LogP contribution in [0.2, 0.25) is 0 Å². The monoisotopic (exact) mass is 273 g/mol. The lowest BCUT2D eigenvalue weighted by atomic mass is 9.85. The minimum Gasteiger partial charge on any atom is -0.322 e. The Kier molecular flexibility index (Phi) is 3.61. The van der Waals surface area contributed by atoms with Gasteiger partial charge < -0.3 is 5.73 Å². The number of rotatable bonds is 2. The highest BCUT2D eigenvalue weighted by Gasteiger charge is 2.28. The Balaban J connectivity index is 3.18. The minimum absolute atomic E-state index is 0.0169. The van der Waals surface area contributed by atoms with Crippen LogP contribution in [-0.4, -0.2) is 9.78 Å². The first-order valence-corrected chi connectivity index (χ1v) is 6.03. The van der Waals surface area contributed by atoms with Gasteiger partial charge in [-0.25, -0.2) is 0 Å². The van der Waals surface area contributed by atoms with Gasteiger partial charge in [0, 0.05) is 6.04 Å². The van der Waals surface area contributed by atoms with Crippen molar-refractivity contribution >= 4 is 15.9 Å². The van der Waals surface area contributed by atoms with Crippen LogP contribution in [0.3, 0.4) is 0 Å². The van der Waals surface area contributed by atoms with Gasteiger partial charge in [0.05, 0.1) is 22.4 Å². The molecular weight excluding hydrogens is 254 g/mol. The van der Waals surface area contributed by atoms with Crippen LogP contribution in [0, 0.1) is 5.41 Å². The van der Waals surface area contributed by atoms with Crippen LogP contribution in [0.5, 0.6) is 0 Å². The quantitative estimate of drug-likeness (QED) is 0.899. The predicted octanol–water partition coefficient (Wildman–Crippen LogP) is 3.27. The Morgan fingerprint density at radius 3 is 2.33 bits per heavy atom. The van der Waals surface area contributed by atoms with Crippen LogP contribution < -0.4 is 5.73 Å². The third-order valence-corrected chi connectivity index (χ3v) is 3.11. The van der Waals surface area contributed by atoms with Crippen LogP contribution in [-0.2, 0) is 0 Å². The molecule has 1 heterocycles. The highest BCUT2D eigenvalue weighted by Crippen LogP contribution is 2.35. The highest BCUT2D eigenvalue weighted by atomic mass is 79.9. The molecule has 1 unspecified atom stereocenters. The van der Waals surface area contributed by atoms with Gasteiger partial charge in [0.1, 0.15) is 0 Å². The maximum atomic E-state index is 6.27. The fourth-order valence-electron chi connectivity index (χ4n) is 1.46. The van der Waals surface area contributed by atoms with E-state index >= 15 is 0 Å². The normalized spacial score (nSPS) is 14.7. The molecule has 4 heteroatoms. The van der Waals surface area contributed by atoms with Crippen LogP contribution in [0.4, 0.5) is 0 Å². The molecule has 0 fully saturated rings. The molecule has 3 nitrogen and oxygen atoms in total. The van der Waals surface area contributed by atoms with Gasteiger partial charge in [-0.3, -0.25) is 4.68 Å². The molecule has 0 radical (unpaired) electrons. The lowest BCUT2D eigenvalue weighted by Crippen LogP contribution is -2.29. The standard InChI is InChI=1S/C11H20BrN3/c1-7(2)15-9(8(12)6-14-15)10(13)11(3,4)5/h6-7,10H,13H2,1-5H3. The summed E-state index contributed by atoms with van der Waals surface area (Å²) < 4.78 is 2.98. The van der Waals surface area contributed by atoms with Crippen molar-refractivity contribution < 1.29 is 0 Å². The molecule has 0 saturated carbocycles. The molecule has 1 rings (SSSR count). The second-order valence-corrected chi connectivity index (χ2v) is 6.11. The van der Waals surface area contributed by atoms with Gasteiger partial charge >= 0.3 is 0 Å². The summed E-state index contributed by atoms with van der Waals surface area (Å²) >= 11 is 3.52. The van der Waals surface area contributed by atoms with Crippen LogP contribution in [0.25, 0.3) is 0 Å². The van der Waals surface area contributed by atoms with Gasteiger partial charge in [0.15, 0.2) is 0 Å². The SMILES string of the molecule is CC(C)n1ncc(Br)c1C(N)C(C)(C)C. The van der Waals surface area contributed by atoms with Gasteiger partial charge in [0.25, 0.3) is 0 Å².